The molecule has 0 spiro atoms. The lowest BCUT2D eigenvalue weighted by molar-refractivity contribution is 0.354. The summed E-state index contributed by atoms with van der Waals surface area (Å²) in [5.41, 5.74) is 7.20. The van der Waals surface area contributed by atoms with Gasteiger partial charge in [-0.15, -0.1) is 12.4 Å². The third kappa shape index (κ3) is 4.83. The molecule has 0 fully saturated rings. The number of ether oxygens (including phenoxy) is 2. The number of rotatable bonds is 6. The Balaban J connectivity index is 0.00000242. The van der Waals surface area contributed by atoms with Gasteiger partial charge in [-0.05, 0) is 43.2 Å². The van der Waals surface area contributed by atoms with Gasteiger partial charge >= 0.3 is 0 Å². The zero-order valence-electron chi connectivity index (χ0n) is 13.0. The minimum atomic E-state index is 0. The van der Waals surface area contributed by atoms with Crippen LogP contribution in [-0.4, -0.2) is 20.3 Å². The van der Waals surface area contributed by atoms with Gasteiger partial charge < -0.3 is 15.2 Å². The Morgan fingerprint density at radius 3 is 2.36 bits per heavy atom. The van der Waals surface area contributed by atoms with E-state index in [0.717, 1.165) is 22.8 Å². The number of hydrogen-bond donors (Lipinski definition) is 1. The van der Waals surface area contributed by atoms with Crippen LogP contribution in [-0.2, 0) is 6.42 Å². The highest BCUT2D eigenvalue weighted by Gasteiger charge is 2.09. The molecular formula is C17H22ClNO2S. The summed E-state index contributed by atoms with van der Waals surface area (Å²) in [6.07, 6.45) is 0.871. The average molecular weight is 340 g/mol. The van der Waals surface area contributed by atoms with E-state index in [4.69, 9.17) is 15.2 Å². The fraction of sp³-hybridized carbons (Fsp3) is 0.294. The summed E-state index contributed by atoms with van der Waals surface area (Å²) in [6, 6.07) is 14.5. The molecule has 0 aromatic heterocycles. The van der Waals surface area contributed by atoms with Crippen molar-refractivity contribution in [2.24, 2.45) is 5.73 Å². The van der Waals surface area contributed by atoms with Gasteiger partial charge in [0.05, 0.1) is 14.2 Å². The maximum atomic E-state index is 5.92. The van der Waals surface area contributed by atoms with E-state index in [1.807, 2.05) is 31.2 Å². The van der Waals surface area contributed by atoms with Crippen molar-refractivity contribution in [3.05, 3.63) is 48.0 Å². The van der Waals surface area contributed by atoms with Gasteiger partial charge in [0.2, 0.25) is 0 Å². The van der Waals surface area contributed by atoms with Crippen molar-refractivity contribution in [1.82, 2.24) is 0 Å². The van der Waals surface area contributed by atoms with Gasteiger partial charge in [-0.1, -0.05) is 30.0 Å². The minimum Gasteiger partial charge on any atom is -0.493 e. The van der Waals surface area contributed by atoms with Crippen LogP contribution in [0, 0.1) is 0 Å². The van der Waals surface area contributed by atoms with Crippen LogP contribution in [0.3, 0.4) is 0 Å². The van der Waals surface area contributed by atoms with Gasteiger partial charge in [0.15, 0.2) is 11.5 Å². The van der Waals surface area contributed by atoms with Gasteiger partial charge in [0, 0.05) is 15.8 Å². The summed E-state index contributed by atoms with van der Waals surface area (Å²) in [5.74, 6) is 1.48. The molecule has 120 valence electrons. The molecule has 0 radical (unpaired) electrons. The number of methoxy groups -OCH3 is 2. The Morgan fingerprint density at radius 1 is 1.05 bits per heavy atom. The van der Waals surface area contributed by atoms with Gasteiger partial charge in [-0.2, -0.15) is 0 Å². The van der Waals surface area contributed by atoms with E-state index in [2.05, 4.69) is 18.2 Å². The molecule has 3 nitrogen and oxygen atoms in total. The van der Waals surface area contributed by atoms with Crippen molar-refractivity contribution in [2.75, 3.05) is 14.2 Å². The van der Waals surface area contributed by atoms with Crippen LogP contribution in [0.15, 0.2) is 52.3 Å². The number of hydrogen-bond acceptors (Lipinski definition) is 4. The summed E-state index contributed by atoms with van der Waals surface area (Å²) in [5, 5.41) is 0. The van der Waals surface area contributed by atoms with E-state index >= 15 is 0 Å². The van der Waals surface area contributed by atoms with Crippen molar-refractivity contribution in [3.63, 3.8) is 0 Å². The van der Waals surface area contributed by atoms with E-state index in [1.54, 1.807) is 26.0 Å². The topological polar surface area (TPSA) is 44.5 Å². The molecule has 0 aliphatic carbocycles. The maximum Gasteiger partial charge on any atom is 0.161 e. The number of benzene rings is 2. The van der Waals surface area contributed by atoms with Gasteiger partial charge in [-0.3, -0.25) is 0 Å². The zero-order valence-corrected chi connectivity index (χ0v) is 14.7. The molecule has 2 aromatic rings. The Hall–Kier alpha value is -1.36. The SMILES string of the molecule is COc1ccc(Sc2ccccc2CC(C)N)cc1OC.Cl. The van der Waals surface area contributed by atoms with Crippen molar-refractivity contribution in [3.8, 4) is 11.5 Å². The second-order valence-corrected chi connectivity index (χ2v) is 6.02. The first-order valence-corrected chi connectivity index (χ1v) is 7.69. The average Bonchev–Trinajstić information content (AvgIpc) is 2.48. The molecule has 0 saturated carbocycles. The second-order valence-electron chi connectivity index (χ2n) is 4.91. The van der Waals surface area contributed by atoms with Gasteiger partial charge in [0.25, 0.3) is 0 Å². The summed E-state index contributed by atoms with van der Waals surface area (Å²) < 4.78 is 10.6. The molecule has 2 N–H and O–H groups in total. The highest BCUT2D eigenvalue weighted by atomic mass is 35.5. The van der Waals surface area contributed by atoms with Crippen LogP contribution in [0.5, 0.6) is 11.5 Å². The molecule has 5 heteroatoms. The second kappa shape index (κ2) is 8.93. The predicted octanol–water partition coefficient (Wildman–Crippen LogP) is 4.17. The van der Waals surface area contributed by atoms with Crippen molar-refractivity contribution in [2.45, 2.75) is 29.2 Å². The fourth-order valence-electron chi connectivity index (χ4n) is 2.13. The van der Waals surface area contributed by atoms with E-state index in [-0.39, 0.29) is 18.4 Å². The van der Waals surface area contributed by atoms with Crippen molar-refractivity contribution in [1.29, 1.82) is 0 Å². The molecule has 2 aromatic carbocycles. The Kier molecular flexibility index (Phi) is 7.59. The van der Waals surface area contributed by atoms with Gasteiger partial charge in [0.1, 0.15) is 0 Å². The lowest BCUT2D eigenvalue weighted by Crippen LogP contribution is -2.18. The van der Waals surface area contributed by atoms with Crippen LogP contribution in [0.4, 0.5) is 0 Å². The lowest BCUT2D eigenvalue weighted by atomic mass is 10.1. The standard InChI is InChI=1S/C17H21NO2S.ClH/c1-12(18)10-13-6-4-5-7-17(13)21-14-8-9-15(19-2)16(11-14)20-3;/h4-9,11-12H,10,18H2,1-3H3;1H. The van der Waals surface area contributed by atoms with E-state index < -0.39 is 0 Å². The smallest absolute Gasteiger partial charge is 0.161 e. The van der Waals surface area contributed by atoms with E-state index in [9.17, 15) is 0 Å². The van der Waals surface area contributed by atoms with E-state index in [0.29, 0.717) is 0 Å². The largest absolute Gasteiger partial charge is 0.493 e. The molecule has 0 amide bonds. The Bertz CT molecular complexity index is 605. The molecule has 0 heterocycles. The molecule has 1 unspecified atom stereocenters. The van der Waals surface area contributed by atoms with Crippen molar-refractivity contribution < 1.29 is 9.47 Å². The third-order valence-electron chi connectivity index (χ3n) is 3.10. The summed E-state index contributed by atoms with van der Waals surface area (Å²) in [4.78, 5) is 2.34. The summed E-state index contributed by atoms with van der Waals surface area (Å²) in [6.45, 7) is 2.03. The predicted molar refractivity (Wildman–Crippen MR) is 94.7 cm³/mol. The maximum absolute atomic E-state index is 5.92. The third-order valence-corrected chi connectivity index (χ3v) is 4.21. The van der Waals surface area contributed by atoms with Gasteiger partial charge in [-0.25, -0.2) is 0 Å². The normalized spacial score (nSPS) is 11.5. The molecule has 0 aliphatic heterocycles. The molecular weight excluding hydrogens is 318 g/mol. The molecule has 22 heavy (non-hydrogen) atoms. The first kappa shape index (κ1) is 18.7. The quantitative estimate of drug-likeness (QED) is 0.858. The van der Waals surface area contributed by atoms with Crippen LogP contribution < -0.4 is 15.2 Å². The molecule has 0 saturated heterocycles. The first-order chi connectivity index (χ1) is 10.1. The number of halogens is 1. The Labute approximate surface area is 142 Å². The highest BCUT2D eigenvalue weighted by molar-refractivity contribution is 7.99. The molecule has 1 atom stereocenters. The highest BCUT2D eigenvalue weighted by Crippen LogP contribution is 2.36. The fourth-order valence-corrected chi connectivity index (χ4v) is 3.11. The van der Waals surface area contributed by atoms with Crippen LogP contribution in [0.1, 0.15) is 12.5 Å². The molecule has 0 bridgehead atoms. The lowest BCUT2D eigenvalue weighted by Gasteiger charge is -2.13. The van der Waals surface area contributed by atoms with Crippen LogP contribution in [0.25, 0.3) is 0 Å². The minimum absolute atomic E-state index is 0. The summed E-state index contributed by atoms with van der Waals surface area (Å²) in [7, 11) is 3.29. The van der Waals surface area contributed by atoms with Crippen LogP contribution in [0.2, 0.25) is 0 Å². The zero-order chi connectivity index (χ0) is 15.2. The molecule has 0 aliphatic rings. The van der Waals surface area contributed by atoms with Crippen molar-refractivity contribution >= 4 is 24.2 Å². The first-order valence-electron chi connectivity index (χ1n) is 6.87. The van der Waals surface area contributed by atoms with Crippen LogP contribution >= 0.6 is 24.2 Å². The molecule has 2 rings (SSSR count). The van der Waals surface area contributed by atoms with E-state index in [1.165, 1.54) is 10.5 Å². The summed E-state index contributed by atoms with van der Waals surface area (Å²) >= 11 is 1.71. The Morgan fingerprint density at radius 2 is 1.73 bits per heavy atom. The number of nitrogens with two attached hydrogens (primary N) is 1. The monoisotopic (exact) mass is 339 g/mol.